The van der Waals surface area contributed by atoms with Gasteiger partial charge in [0.05, 0.1) is 11.1 Å². The number of hydrogen-bond donors (Lipinski definition) is 2. The third-order valence-corrected chi connectivity index (χ3v) is 5.05. The van der Waals surface area contributed by atoms with Crippen molar-refractivity contribution in [1.29, 1.82) is 0 Å². The molecule has 2 aromatic heterocycles. The van der Waals surface area contributed by atoms with E-state index in [1.165, 1.54) is 0 Å². The van der Waals surface area contributed by atoms with Crippen LogP contribution in [0.25, 0.3) is 11.2 Å². The Morgan fingerprint density at radius 2 is 2.04 bits per heavy atom. The van der Waals surface area contributed by atoms with Crippen molar-refractivity contribution in [2.24, 2.45) is 7.05 Å². The Bertz CT molecular complexity index is 886. The van der Waals surface area contributed by atoms with E-state index in [0.29, 0.717) is 36.4 Å². The number of aryl methyl sites for hydroxylation is 2. The van der Waals surface area contributed by atoms with Crippen molar-refractivity contribution in [2.75, 3.05) is 26.7 Å². The molecule has 2 N–H and O–H groups in total. The van der Waals surface area contributed by atoms with Gasteiger partial charge in [-0.05, 0) is 13.0 Å². The predicted octanol–water partition coefficient (Wildman–Crippen LogP) is -0.173. The molecule has 4 heterocycles. The quantitative estimate of drug-likeness (QED) is 0.681. The molecule has 0 unspecified atom stereocenters. The lowest BCUT2D eigenvalue weighted by Crippen LogP contribution is -2.70. The van der Waals surface area contributed by atoms with Crippen LogP contribution in [0.4, 0.5) is 4.79 Å². The summed E-state index contributed by atoms with van der Waals surface area (Å²) in [6, 6.07) is 1.63. The highest BCUT2D eigenvalue weighted by atomic mass is 16.3. The molecule has 0 aromatic carbocycles. The van der Waals surface area contributed by atoms with E-state index in [-0.39, 0.29) is 23.9 Å². The smallest absolute Gasteiger partial charge is 0.317 e. The van der Waals surface area contributed by atoms with Crippen molar-refractivity contribution >= 4 is 29.6 Å². The molecule has 2 fully saturated rings. The van der Waals surface area contributed by atoms with Crippen molar-refractivity contribution in [1.82, 2.24) is 29.7 Å². The number of hydrogen-bond acceptors (Lipinski definition) is 5. The highest BCUT2D eigenvalue weighted by Crippen LogP contribution is 2.31. The fourth-order valence-corrected chi connectivity index (χ4v) is 3.36. The van der Waals surface area contributed by atoms with Crippen LogP contribution in [0.15, 0.2) is 12.3 Å². The van der Waals surface area contributed by atoms with E-state index < -0.39 is 0 Å². The Morgan fingerprint density at radius 1 is 1.38 bits per heavy atom. The molecule has 0 saturated carbocycles. The molecule has 0 bridgehead atoms. The number of carboxylic acid groups (broad SMARTS) is 1. The summed E-state index contributed by atoms with van der Waals surface area (Å²) in [5.41, 5.74) is 1.64. The maximum atomic E-state index is 12.8. The number of aromatic nitrogens is 3. The van der Waals surface area contributed by atoms with E-state index in [2.05, 4.69) is 15.3 Å². The Labute approximate surface area is 149 Å². The first kappa shape index (κ1) is 17.6. The fourth-order valence-electron chi connectivity index (χ4n) is 3.36. The molecule has 0 atom stereocenters. The molecule has 10 heteroatoms. The summed E-state index contributed by atoms with van der Waals surface area (Å²) in [7, 11) is 3.66. The largest absolute Gasteiger partial charge is 0.483 e. The summed E-state index contributed by atoms with van der Waals surface area (Å²) in [6.45, 7) is 3.30. The van der Waals surface area contributed by atoms with E-state index in [4.69, 9.17) is 9.90 Å². The Morgan fingerprint density at radius 3 is 2.62 bits per heavy atom. The number of nitrogens with zero attached hydrogens (tertiary/aromatic N) is 5. The molecule has 3 amide bonds. The highest BCUT2D eigenvalue weighted by Gasteiger charge is 2.53. The van der Waals surface area contributed by atoms with E-state index in [1.807, 2.05) is 18.5 Å². The van der Waals surface area contributed by atoms with Crippen LogP contribution >= 0.6 is 0 Å². The van der Waals surface area contributed by atoms with Crippen LogP contribution in [0.3, 0.4) is 0 Å². The third-order valence-electron chi connectivity index (χ3n) is 5.05. The SMILES string of the molecule is Cc1nc2c(C(=O)N3CC4(CNC(=O)N4C)C3)ccnc2n1C.O=CO. The number of rotatable bonds is 1. The average Bonchev–Trinajstić information content (AvgIpc) is 3.04. The minimum absolute atomic E-state index is 0.0612. The molecule has 0 aliphatic carbocycles. The molecule has 26 heavy (non-hydrogen) atoms. The molecule has 1 spiro atoms. The van der Waals surface area contributed by atoms with Crippen LogP contribution in [0, 0.1) is 6.92 Å². The van der Waals surface area contributed by atoms with Gasteiger partial charge in [0.1, 0.15) is 11.3 Å². The van der Waals surface area contributed by atoms with Crippen molar-refractivity contribution in [3.63, 3.8) is 0 Å². The molecule has 2 aromatic rings. The number of imidazole rings is 1. The van der Waals surface area contributed by atoms with Crippen molar-refractivity contribution < 1.29 is 19.5 Å². The third kappa shape index (κ3) is 2.54. The van der Waals surface area contributed by atoms with Gasteiger partial charge in [-0.25, -0.2) is 14.8 Å². The number of likely N-dealkylation sites (tertiary alicyclic amines) is 1. The van der Waals surface area contributed by atoms with Gasteiger partial charge < -0.3 is 24.8 Å². The van der Waals surface area contributed by atoms with Gasteiger partial charge in [0.2, 0.25) is 0 Å². The van der Waals surface area contributed by atoms with Gasteiger partial charge in [-0.1, -0.05) is 0 Å². The zero-order valence-corrected chi connectivity index (χ0v) is 14.8. The van der Waals surface area contributed by atoms with Crippen LogP contribution in [-0.4, -0.2) is 80.1 Å². The molecule has 0 radical (unpaired) electrons. The summed E-state index contributed by atoms with van der Waals surface area (Å²) in [5, 5.41) is 9.71. The normalized spacial score (nSPS) is 17.6. The summed E-state index contributed by atoms with van der Waals surface area (Å²) >= 11 is 0. The lowest BCUT2D eigenvalue weighted by atomic mass is 9.89. The molecule has 138 valence electrons. The number of urea groups is 1. The van der Waals surface area contributed by atoms with E-state index >= 15 is 0 Å². The molecule has 2 saturated heterocycles. The topological polar surface area (TPSA) is 121 Å². The minimum atomic E-state index is -0.265. The standard InChI is InChI=1S/C15H18N6O2.CH2O2/c1-9-18-11-10(4-5-16-12(11)19(9)2)13(22)21-7-15(8-21)6-17-14(23)20(15)3;2-1-3/h4-5H,6-8H2,1-3H3,(H,17,23);1H,(H,2,3). The molecule has 10 nitrogen and oxygen atoms in total. The lowest BCUT2D eigenvalue weighted by Gasteiger charge is -2.50. The predicted molar refractivity (Wildman–Crippen MR) is 91.7 cm³/mol. The Balaban J connectivity index is 0.000000613. The van der Waals surface area contributed by atoms with Gasteiger partial charge in [-0.2, -0.15) is 0 Å². The van der Waals surface area contributed by atoms with Crippen LogP contribution in [-0.2, 0) is 11.8 Å². The molecular formula is C16H20N6O4. The number of likely N-dealkylation sites (N-methyl/N-ethyl adjacent to an activating group) is 1. The van der Waals surface area contributed by atoms with Gasteiger partial charge in [0, 0.05) is 39.9 Å². The Kier molecular flexibility index (Phi) is 4.26. The van der Waals surface area contributed by atoms with E-state index in [0.717, 1.165) is 5.82 Å². The van der Waals surface area contributed by atoms with Gasteiger partial charge in [-0.15, -0.1) is 0 Å². The van der Waals surface area contributed by atoms with Gasteiger partial charge in [0.25, 0.3) is 12.4 Å². The van der Waals surface area contributed by atoms with E-state index in [9.17, 15) is 9.59 Å². The second-order valence-electron chi connectivity index (χ2n) is 6.46. The Hall–Kier alpha value is -3.17. The maximum Gasteiger partial charge on any atom is 0.317 e. The van der Waals surface area contributed by atoms with Crippen molar-refractivity contribution in [3.8, 4) is 0 Å². The highest BCUT2D eigenvalue weighted by molar-refractivity contribution is 6.04. The van der Waals surface area contributed by atoms with Crippen LogP contribution < -0.4 is 5.32 Å². The van der Waals surface area contributed by atoms with Gasteiger partial charge in [-0.3, -0.25) is 9.59 Å². The van der Waals surface area contributed by atoms with E-state index in [1.54, 1.807) is 29.1 Å². The monoisotopic (exact) mass is 360 g/mol. The first-order chi connectivity index (χ1) is 12.3. The number of carbonyl (C=O) groups is 3. The number of fused-ring (bicyclic) bond motifs is 1. The first-order valence-corrected chi connectivity index (χ1v) is 8.01. The summed E-state index contributed by atoms with van der Waals surface area (Å²) in [4.78, 5) is 45.0. The van der Waals surface area contributed by atoms with Crippen LogP contribution in [0.5, 0.6) is 0 Å². The van der Waals surface area contributed by atoms with Crippen molar-refractivity contribution in [2.45, 2.75) is 12.5 Å². The number of amides is 3. The van der Waals surface area contributed by atoms with Crippen LogP contribution in [0.1, 0.15) is 16.2 Å². The molecular weight excluding hydrogens is 340 g/mol. The maximum absolute atomic E-state index is 12.8. The lowest BCUT2D eigenvalue weighted by molar-refractivity contribution is -0.122. The summed E-state index contributed by atoms with van der Waals surface area (Å²) in [6.07, 6.45) is 1.64. The summed E-state index contributed by atoms with van der Waals surface area (Å²) in [5.74, 6) is 0.757. The number of pyridine rings is 1. The van der Waals surface area contributed by atoms with Crippen LogP contribution in [0.2, 0.25) is 0 Å². The van der Waals surface area contributed by atoms with Crippen molar-refractivity contribution in [3.05, 3.63) is 23.7 Å². The molecule has 2 aliphatic rings. The second-order valence-corrected chi connectivity index (χ2v) is 6.46. The van der Waals surface area contributed by atoms with Gasteiger partial charge in [0.15, 0.2) is 5.65 Å². The zero-order valence-electron chi connectivity index (χ0n) is 14.8. The fraction of sp³-hybridized carbons (Fsp3) is 0.438. The van der Waals surface area contributed by atoms with Gasteiger partial charge >= 0.3 is 6.03 Å². The molecule has 4 rings (SSSR count). The summed E-state index contributed by atoms with van der Waals surface area (Å²) < 4.78 is 1.87. The first-order valence-electron chi connectivity index (χ1n) is 8.01. The minimum Gasteiger partial charge on any atom is -0.483 e. The zero-order chi connectivity index (χ0) is 19.1. The molecule has 2 aliphatic heterocycles. The average molecular weight is 360 g/mol. The number of nitrogens with one attached hydrogen (secondary N) is 1. The second kappa shape index (κ2) is 6.28. The number of carbonyl (C=O) groups excluding carboxylic acids is 2.